The zero-order valence-corrected chi connectivity index (χ0v) is 4.84. The highest BCUT2D eigenvalue weighted by molar-refractivity contribution is 4.99. The second kappa shape index (κ2) is 1.87. The molecule has 2 heterocycles. The van der Waals surface area contributed by atoms with E-state index in [0.29, 0.717) is 5.95 Å². The molecule has 7 nitrogen and oxygen atoms in total. The molecule has 0 bridgehead atoms. The van der Waals surface area contributed by atoms with Crippen LogP contribution in [0.3, 0.4) is 0 Å². The third-order valence-electron chi connectivity index (χ3n) is 0.974. The van der Waals surface area contributed by atoms with Crippen LogP contribution in [0.15, 0.2) is 12.4 Å². The summed E-state index contributed by atoms with van der Waals surface area (Å²) in [5.74, 6) is 0.456. The van der Waals surface area contributed by atoms with E-state index in [0.717, 1.165) is 0 Å². The summed E-state index contributed by atoms with van der Waals surface area (Å²) in [4.78, 5) is 0. The molecule has 0 aliphatic carbocycles. The van der Waals surface area contributed by atoms with Crippen molar-refractivity contribution in [3.05, 3.63) is 12.4 Å². The third-order valence-corrected chi connectivity index (χ3v) is 0.974. The first-order valence-electron chi connectivity index (χ1n) is 2.57. The standard InChI is InChI=1S/C3H3N7/c1-2-10(9-4-1)3-5-7-8-6-3/h1-2H,(H,5,6,7,8). The lowest BCUT2D eigenvalue weighted by Crippen LogP contribution is -1.97. The molecule has 2 aromatic rings. The number of hydrogen-bond acceptors (Lipinski definition) is 5. The van der Waals surface area contributed by atoms with Crippen LogP contribution in [0.4, 0.5) is 0 Å². The first-order chi connectivity index (χ1) is 4.97. The van der Waals surface area contributed by atoms with Crippen molar-refractivity contribution in [2.24, 2.45) is 0 Å². The molecule has 50 valence electrons. The molecular formula is C3H3N7. The van der Waals surface area contributed by atoms with Crippen LogP contribution in [0, 0.1) is 0 Å². The minimum absolute atomic E-state index is 0.456. The van der Waals surface area contributed by atoms with E-state index in [4.69, 9.17) is 0 Å². The number of H-pyrrole nitrogens is 1. The highest BCUT2D eigenvalue weighted by atomic mass is 15.6. The van der Waals surface area contributed by atoms with E-state index < -0.39 is 0 Å². The fourth-order valence-electron chi connectivity index (χ4n) is 0.572. The number of hydrogen-bond donors (Lipinski definition) is 1. The summed E-state index contributed by atoms with van der Waals surface area (Å²) in [7, 11) is 0. The lowest BCUT2D eigenvalue weighted by molar-refractivity contribution is 0.757. The van der Waals surface area contributed by atoms with E-state index >= 15 is 0 Å². The average molecular weight is 137 g/mol. The van der Waals surface area contributed by atoms with Gasteiger partial charge in [-0.25, -0.2) is 5.10 Å². The van der Waals surface area contributed by atoms with E-state index in [9.17, 15) is 0 Å². The maximum atomic E-state index is 3.65. The van der Waals surface area contributed by atoms with Crippen molar-refractivity contribution in [2.75, 3.05) is 0 Å². The van der Waals surface area contributed by atoms with Crippen LogP contribution in [0.5, 0.6) is 0 Å². The van der Waals surface area contributed by atoms with E-state index in [1.54, 1.807) is 12.4 Å². The minimum Gasteiger partial charge on any atom is -0.223 e. The highest BCUT2D eigenvalue weighted by Crippen LogP contribution is 1.89. The molecule has 0 unspecified atom stereocenters. The number of aromatic amines is 1. The molecule has 0 spiro atoms. The van der Waals surface area contributed by atoms with Gasteiger partial charge in [0.1, 0.15) is 0 Å². The molecule has 10 heavy (non-hydrogen) atoms. The molecule has 0 aromatic carbocycles. The third kappa shape index (κ3) is 0.642. The Hall–Kier alpha value is -1.79. The van der Waals surface area contributed by atoms with E-state index in [2.05, 4.69) is 30.9 Å². The number of tetrazole rings is 1. The van der Waals surface area contributed by atoms with Crippen molar-refractivity contribution in [1.29, 1.82) is 0 Å². The molecule has 2 rings (SSSR count). The largest absolute Gasteiger partial charge is 0.269 e. The lowest BCUT2D eigenvalue weighted by atomic mass is 10.9. The summed E-state index contributed by atoms with van der Waals surface area (Å²) in [5.41, 5.74) is 0. The molecule has 0 radical (unpaired) electrons. The van der Waals surface area contributed by atoms with Crippen molar-refractivity contribution in [1.82, 2.24) is 35.6 Å². The summed E-state index contributed by atoms with van der Waals surface area (Å²) in [5, 5.41) is 20.1. The number of aromatic nitrogens is 7. The van der Waals surface area contributed by atoms with Gasteiger partial charge >= 0.3 is 0 Å². The van der Waals surface area contributed by atoms with Crippen molar-refractivity contribution in [3.8, 4) is 5.95 Å². The Morgan fingerprint density at radius 3 is 3.10 bits per heavy atom. The van der Waals surface area contributed by atoms with Crippen LogP contribution >= 0.6 is 0 Å². The minimum atomic E-state index is 0.456. The first-order valence-corrected chi connectivity index (χ1v) is 2.57. The summed E-state index contributed by atoms with van der Waals surface area (Å²) in [6.45, 7) is 0. The number of nitrogens with one attached hydrogen (secondary N) is 1. The zero-order chi connectivity index (χ0) is 6.81. The van der Waals surface area contributed by atoms with Crippen LogP contribution in [-0.4, -0.2) is 35.6 Å². The summed E-state index contributed by atoms with van der Waals surface area (Å²) < 4.78 is 1.43. The molecule has 0 aliphatic heterocycles. The van der Waals surface area contributed by atoms with Crippen molar-refractivity contribution in [2.45, 2.75) is 0 Å². The predicted molar refractivity (Wildman–Crippen MR) is 29.1 cm³/mol. The number of nitrogens with zero attached hydrogens (tertiary/aromatic N) is 6. The van der Waals surface area contributed by atoms with Crippen LogP contribution in [0.2, 0.25) is 0 Å². The molecule has 0 saturated heterocycles. The molecule has 7 heteroatoms. The second-order valence-electron chi connectivity index (χ2n) is 1.57. The van der Waals surface area contributed by atoms with Gasteiger partial charge in [-0.15, -0.1) is 5.10 Å². The van der Waals surface area contributed by atoms with Gasteiger partial charge in [-0.3, -0.25) is 0 Å². The first kappa shape index (κ1) is 5.03. The van der Waals surface area contributed by atoms with Gasteiger partial charge < -0.3 is 0 Å². The monoisotopic (exact) mass is 137 g/mol. The van der Waals surface area contributed by atoms with Gasteiger partial charge in [0.05, 0.1) is 12.4 Å². The maximum absolute atomic E-state index is 3.65. The molecule has 0 atom stereocenters. The Morgan fingerprint density at radius 2 is 2.50 bits per heavy atom. The van der Waals surface area contributed by atoms with E-state index in [1.807, 2.05) is 0 Å². The Labute approximate surface area is 55.1 Å². The van der Waals surface area contributed by atoms with E-state index in [-0.39, 0.29) is 0 Å². The maximum Gasteiger partial charge on any atom is 0.269 e. The average Bonchev–Trinajstić information content (AvgIpc) is 2.59. The molecule has 0 amide bonds. The van der Waals surface area contributed by atoms with Crippen molar-refractivity contribution >= 4 is 0 Å². The topological polar surface area (TPSA) is 85.2 Å². The molecular weight excluding hydrogens is 134 g/mol. The smallest absolute Gasteiger partial charge is 0.223 e. The second-order valence-corrected chi connectivity index (χ2v) is 1.57. The fraction of sp³-hybridized carbons (Fsp3) is 0. The lowest BCUT2D eigenvalue weighted by Gasteiger charge is -1.85. The molecule has 0 aliphatic rings. The predicted octanol–water partition coefficient (Wildman–Crippen LogP) is -1.22. The van der Waals surface area contributed by atoms with Gasteiger partial charge in [-0.05, 0) is 10.4 Å². The van der Waals surface area contributed by atoms with Crippen LogP contribution in [0.25, 0.3) is 5.95 Å². The van der Waals surface area contributed by atoms with Gasteiger partial charge in [0, 0.05) is 0 Å². The van der Waals surface area contributed by atoms with Crippen molar-refractivity contribution in [3.63, 3.8) is 0 Å². The van der Waals surface area contributed by atoms with E-state index in [1.165, 1.54) is 4.68 Å². The van der Waals surface area contributed by atoms with Gasteiger partial charge in [-0.1, -0.05) is 10.3 Å². The molecule has 0 fully saturated rings. The summed E-state index contributed by atoms with van der Waals surface area (Å²) in [6, 6.07) is 0. The van der Waals surface area contributed by atoms with Gasteiger partial charge in [0.25, 0.3) is 5.95 Å². The van der Waals surface area contributed by atoms with Crippen LogP contribution in [-0.2, 0) is 0 Å². The van der Waals surface area contributed by atoms with Crippen molar-refractivity contribution < 1.29 is 0 Å². The number of rotatable bonds is 1. The van der Waals surface area contributed by atoms with Gasteiger partial charge in [0.2, 0.25) is 0 Å². The van der Waals surface area contributed by atoms with Crippen LogP contribution < -0.4 is 0 Å². The summed E-state index contributed by atoms with van der Waals surface area (Å²) in [6.07, 6.45) is 3.19. The molecule has 2 aromatic heterocycles. The fourth-order valence-corrected chi connectivity index (χ4v) is 0.572. The quantitative estimate of drug-likeness (QED) is 0.532. The SMILES string of the molecule is c1cn(-c2nnn[nH]2)nn1. The Kier molecular flexibility index (Phi) is 0.938. The molecule has 1 N–H and O–H groups in total. The van der Waals surface area contributed by atoms with Gasteiger partial charge in [0.15, 0.2) is 0 Å². The summed E-state index contributed by atoms with van der Waals surface area (Å²) >= 11 is 0. The normalized spacial score (nSPS) is 10.0. The van der Waals surface area contributed by atoms with Gasteiger partial charge in [-0.2, -0.15) is 4.68 Å². The zero-order valence-electron chi connectivity index (χ0n) is 4.84. The molecule has 0 saturated carbocycles. The Balaban J connectivity index is 2.48. The van der Waals surface area contributed by atoms with Crippen LogP contribution in [0.1, 0.15) is 0 Å². The highest BCUT2D eigenvalue weighted by Gasteiger charge is 1.97. The Morgan fingerprint density at radius 1 is 1.50 bits per heavy atom. The Bertz CT molecular complexity index is 248.